The fourth-order valence-corrected chi connectivity index (χ4v) is 5.20. The minimum atomic E-state index is -0.491. The SMILES string of the molecule is CN(C)C(=O)C1(Cc2cccc(-c3cccnc3)c2)CCN(C(=O)C[C@@H]2CCCCO2)CC1. The van der Waals surface area contributed by atoms with Crippen LogP contribution in [0.2, 0.25) is 0 Å². The minimum Gasteiger partial charge on any atom is -0.378 e. The second-order valence-electron chi connectivity index (χ2n) is 9.67. The highest BCUT2D eigenvalue weighted by Crippen LogP contribution is 2.38. The number of amides is 2. The number of aromatic nitrogens is 1. The molecular formula is C27H35N3O3. The molecule has 0 aliphatic carbocycles. The van der Waals surface area contributed by atoms with E-state index in [1.54, 1.807) is 11.1 Å². The van der Waals surface area contributed by atoms with Crippen molar-refractivity contribution in [2.45, 2.75) is 51.0 Å². The molecule has 0 saturated carbocycles. The number of benzene rings is 1. The average molecular weight is 450 g/mol. The molecule has 0 N–H and O–H groups in total. The van der Waals surface area contributed by atoms with Crippen molar-refractivity contribution >= 4 is 11.8 Å². The van der Waals surface area contributed by atoms with Crippen molar-refractivity contribution in [1.29, 1.82) is 0 Å². The highest BCUT2D eigenvalue weighted by atomic mass is 16.5. The molecule has 2 aliphatic heterocycles. The Bertz CT molecular complexity index is 946. The monoisotopic (exact) mass is 449 g/mol. The first-order valence-corrected chi connectivity index (χ1v) is 12.1. The van der Waals surface area contributed by atoms with E-state index in [0.717, 1.165) is 42.6 Å². The predicted molar refractivity (Wildman–Crippen MR) is 129 cm³/mol. The first-order valence-electron chi connectivity index (χ1n) is 12.1. The largest absolute Gasteiger partial charge is 0.378 e. The van der Waals surface area contributed by atoms with E-state index in [-0.39, 0.29) is 17.9 Å². The van der Waals surface area contributed by atoms with Gasteiger partial charge in [0.2, 0.25) is 11.8 Å². The van der Waals surface area contributed by atoms with Gasteiger partial charge < -0.3 is 14.5 Å². The zero-order chi connectivity index (χ0) is 23.3. The molecule has 4 rings (SSSR count). The molecule has 2 aliphatic rings. The van der Waals surface area contributed by atoms with Gasteiger partial charge in [-0.1, -0.05) is 30.3 Å². The van der Waals surface area contributed by atoms with Crippen LogP contribution in [-0.2, 0) is 20.7 Å². The second-order valence-corrected chi connectivity index (χ2v) is 9.67. The summed E-state index contributed by atoms with van der Waals surface area (Å²) in [6.45, 7) is 2.00. The van der Waals surface area contributed by atoms with E-state index in [1.807, 2.05) is 43.4 Å². The summed E-state index contributed by atoms with van der Waals surface area (Å²) >= 11 is 0. The van der Waals surface area contributed by atoms with Gasteiger partial charge >= 0.3 is 0 Å². The van der Waals surface area contributed by atoms with Gasteiger partial charge in [-0.25, -0.2) is 0 Å². The quantitative estimate of drug-likeness (QED) is 0.670. The first-order chi connectivity index (χ1) is 16.0. The van der Waals surface area contributed by atoms with E-state index < -0.39 is 5.41 Å². The molecule has 2 aromatic rings. The first kappa shape index (κ1) is 23.4. The molecule has 2 fully saturated rings. The Morgan fingerprint density at radius 1 is 1.12 bits per heavy atom. The lowest BCUT2D eigenvalue weighted by Crippen LogP contribution is -2.51. The summed E-state index contributed by atoms with van der Waals surface area (Å²) in [5, 5.41) is 0. The Morgan fingerprint density at radius 3 is 2.58 bits per heavy atom. The van der Waals surface area contributed by atoms with Crippen LogP contribution in [-0.4, -0.2) is 66.5 Å². The fraction of sp³-hybridized carbons (Fsp3) is 0.519. The third-order valence-electron chi connectivity index (χ3n) is 7.07. The normalized spacial score (nSPS) is 20.3. The lowest BCUT2D eigenvalue weighted by atomic mass is 9.72. The van der Waals surface area contributed by atoms with E-state index in [9.17, 15) is 9.59 Å². The number of hydrogen-bond acceptors (Lipinski definition) is 4. The molecule has 6 nitrogen and oxygen atoms in total. The van der Waals surface area contributed by atoms with E-state index in [0.29, 0.717) is 38.8 Å². The van der Waals surface area contributed by atoms with Gasteiger partial charge in [-0.05, 0) is 61.3 Å². The van der Waals surface area contributed by atoms with Crippen LogP contribution in [0.25, 0.3) is 11.1 Å². The highest BCUT2D eigenvalue weighted by Gasteiger charge is 2.43. The average Bonchev–Trinajstić information content (AvgIpc) is 2.85. The van der Waals surface area contributed by atoms with Crippen molar-refractivity contribution in [3.63, 3.8) is 0 Å². The van der Waals surface area contributed by atoms with Gasteiger partial charge in [-0.3, -0.25) is 14.6 Å². The standard InChI is InChI=1S/C27H35N3O3/c1-29(2)26(32)27(19-21-7-5-8-22(17-21)23-9-6-13-28-20-23)11-14-30(15-12-27)25(31)18-24-10-3-4-16-33-24/h5-9,13,17,20,24H,3-4,10-12,14-16,18-19H2,1-2H3/t24-/m0/s1. The number of hydrogen-bond donors (Lipinski definition) is 0. The molecule has 0 radical (unpaired) electrons. The zero-order valence-electron chi connectivity index (χ0n) is 19.8. The summed E-state index contributed by atoms with van der Waals surface area (Å²) in [6, 6.07) is 12.4. The van der Waals surface area contributed by atoms with Crippen molar-refractivity contribution in [3.05, 3.63) is 54.4 Å². The van der Waals surface area contributed by atoms with Gasteiger partial charge in [0.1, 0.15) is 0 Å². The second kappa shape index (κ2) is 10.5. The van der Waals surface area contributed by atoms with E-state index >= 15 is 0 Å². The molecule has 0 unspecified atom stereocenters. The molecule has 2 amide bonds. The van der Waals surface area contributed by atoms with Crippen LogP contribution >= 0.6 is 0 Å². The molecule has 33 heavy (non-hydrogen) atoms. The van der Waals surface area contributed by atoms with Crippen molar-refractivity contribution in [1.82, 2.24) is 14.8 Å². The van der Waals surface area contributed by atoms with Crippen LogP contribution in [0.15, 0.2) is 48.8 Å². The van der Waals surface area contributed by atoms with Gasteiger partial charge in [-0.15, -0.1) is 0 Å². The summed E-state index contributed by atoms with van der Waals surface area (Å²) in [5.74, 6) is 0.309. The van der Waals surface area contributed by atoms with Crippen molar-refractivity contribution in [2.75, 3.05) is 33.8 Å². The van der Waals surface area contributed by atoms with Gasteiger partial charge in [0.15, 0.2) is 0 Å². The van der Waals surface area contributed by atoms with Crippen LogP contribution in [0, 0.1) is 5.41 Å². The van der Waals surface area contributed by atoms with E-state index in [2.05, 4.69) is 23.2 Å². The fourth-order valence-electron chi connectivity index (χ4n) is 5.20. The molecule has 3 heterocycles. The maximum absolute atomic E-state index is 13.4. The summed E-state index contributed by atoms with van der Waals surface area (Å²) in [6.07, 6.45) is 9.37. The number of nitrogens with zero attached hydrogens (tertiary/aromatic N) is 3. The number of piperidine rings is 1. The molecular weight excluding hydrogens is 414 g/mol. The van der Waals surface area contributed by atoms with Crippen molar-refractivity contribution < 1.29 is 14.3 Å². The summed E-state index contributed by atoms with van der Waals surface area (Å²) < 4.78 is 5.76. The van der Waals surface area contributed by atoms with Crippen LogP contribution in [0.3, 0.4) is 0 Å². The molecule has 2 saturated heterocycles. The van der Waals surface area contributed by atoms with Crippen LogP contribution in [0.1, 0.15) is 44.1 Å². The van der Waals surface area contributed by atoms with Crippen molar-refractivity contribution in [2.24, 2.45) is 5.41 Å². The number of likely N-dealkylation sites (tertiary alicyclic amines) is 1. The van der Waals surface area contributed by atoms with Gasteiger partial charge in [-0.2, -0.15) is 0 Å². The Balaban J connectivity index is 1.47. The lowest BCUT2D eigenvalue weighted by molar-refractivity contribution is -0.147. The molecule has 1 atom stereocenters. The summed E-state index contributed by atoms with van der Waals surface area (Å²) in [5.41, 5.74) is 2.82. The smallest absolute Gasteiger partial charge is 0.228 e. The van der Waals surface area contributed by atoms with E-state index in [1.165, 1.54) is 0 Å². The number of pyridine rings is 1. The number of carbonyl (C=O) groups excluding carboxylic acids is 2. The van der Waals surface area contributed by atoms with Crippen molar-refractivity contribution in [3.8, 4) is 11.1 Å². The van der Waals surface area contributed by atoms with Gasteiger partial charge in [0.25, 0.3) is 0 Å². The molecule has 1 aromatic carbocycles. The van der Waals surface area contributed by atoms with Crippen LogP contribution < -0.4 is 0 Å². The topological polar surface area (TPSA) is 62.7 Å². The molecule has 1 aromatic heterocycles. The predicted octanol–water partition coefficient (Wildman–Crippen LogP) is 3.95. The summed E-state index contributed by atoms with van der Waals surface area (Å²) in [7, 11) is 3.65. The highest BCUT2D eigenvalue weighted by molar-refractivity contribution is 5.84. The van der Waals surface area contributed by atoms with E-state index in [4.69, 9.17) is 4.74 Å². The minimum absolute atomic E-state index is 0.0524. The third kappa shape index (κ3) is 5.61. The Kier molecular flexibility index (Phi) is 7.43. The molecule has 176 valence electrons. The Morgan fingerprint density at radius 2 is 1.91 bits per heavy atom. The number of ether oxygens (including phenoxy) is 1. The molecule has 0 spiro atoms. The van der Waals surface area contributed by atoms with Crippen LogP contribution in [0.5, 0.6) is 0 Å². The molecule has 6 heteroatoms. The Labute approximate surface area is 196 Å². The zero-order valence-corrected chi connectivity index (χ0v) is 19.8. The molecule has 0 bridgehead atoms. The van der Waals surface area contributed by atoms with Crippen LogP contribution in [0.4, 0.5) is 0 Å². The number of carbonyl (C=O) groups is 2. The van der Waals surface area contributed by atoms with Gasteiger partial charge in [0, 0.05) is 46.2 Å². The maximum Gasteiger partial charge on any atom is 0.228 e. The van der Waals surface area contributed by atoms with Gasteiger partial charge in [0.05, 0.1) is 17.9 Å². The maximum atomic E-state index is 13.4. The Hall–Kier alpha value is -2.73. The summed E-state index contributed by atoms with van der Waals surface area (Å²) in [4.78, 5) is 34.1. The number of rotatable bonds is 6. The third-order valence-corrected chi connectivity index (χ3v) is 7.07. The lowest BCUT2D eigenvalue weighted by Gasteiger charge is -2.42.